The van der Waals surface area contributed by atoms with Crippen molar-refractivity contribution in [2.24, 2.45) is 0 Å². The monoisotopic (exact) mass is 372 g/mol. The molecule has 2 aromatic rings. The van der Waals surface area contributed by atoms with Crippen LogP contribution in [0.2, 0.25) is 0 Å². The van der Waals surface area contributed by atoms with Crippen LogP contribution in [0, 0.1) is 16.5 Å². The summed E-state index contributed by atoms with van der Waals surface area (Å²) in [6.45, 7) is 5.74. The molecule has 1 aromatic carbocycles. The predicted octanol–water partition coefficient (Wildman–Crippen LogP) is 1.08. The molecular formula is C19H24N4O4. The molecule has 2 heterocycles. The molecule has 0 aliphatic carbocycles. The maximum atomic E-state index is 12.2. The van der Waals surface area contributed by atoms with Crippen LogP contribution in [0.15, 0.2) is 18.3 Å². The van der Waals surface area contributed by atoms with E-state index in [0.717, 1.165) is 45.3 Å². The summed E-state index contributed by atoms with van der Waals surface area (Å²) >= 11 is 0. The molecule has 0 unspecified atom stereocenters. The third-order valence-corrected chi connectivity index (χ3v) is 4.87. The van der Waals surface area contributed by atoms with Gasteiger partial charge >= 0.3 is 0 Å². The highest BCUT2D eigenvalue weighted by Gasteiger charge is 2.19. The number of likely N-dealkylation sites (N-methyl/N-ethyl adjacent to an activating group) is 1. The van der Waals surface area contributed by atoms with Crippen LogP contribution in [0.25, 0.3) is 10.9 Å². The van der Waals surface area contributed by atoms with Crippen molar-refractivity contribution in [2.45, 2.75) is 6.42 Å². The van der Waals surface area contributed by atoms with Gasteiger partial charge in [0.2, 0.25) is 11.7 Å². The lowest BCUT2D eigenvalue weighted by Crippen LogP contribution is -2.44. The Morgan fingerprint density at radius 2 is 2.00 bits per heavy atom. The molecule has 1 saturated heterocycles. The summed E-state index contributed by atoms with van der Waals surface area (Å²) in [7, 11) is 3.63. The Labute approximate surface area is 158 Å². The number of aromatic hydroxyl groups is 1. The number of benzene rings is 1. The van der Waals surface area contributed by atoms with Crippen molar-refractivity contribution in [3.63, 3.8) is 0 Å². The first-order valence-electron chi connectivity index (χ1n) is 8.94. The van der Waals surface area contributed by atoms with Gasteiger partial charge in [-0.05, 0) is 13.5 Å². The maximum absolute atomic E-state index is 12.2. The van der Waals surface area contributed by atoms with E-state index in [9.17, 15) is 10.3 Å². The summed E-state index contributed by atoms with van der Waals surface area (Å²) in [5.74, 6) is 0.615. The maximum Gasteiger partial charge on any atom is 0.231 e. The molecule has 8 heteroatoms. The van der Waals surface area contributed by atoms with Gasteiger partial charge in [-0.1, -0.05) is 0 Å². The zero-order chi connectivity index (χ0) is 19.4. The molecule has 0 atom stereocenters. The Morgan fingerprint density at radius 3 is 2.67 bits per heavy atom. The van der Waals surface area contributed by atoms with E-state index in [0.29, 0.717) is 22.8 Å². The van der Waals surface area contributed by atoms with Gasteiger partial charge in [0, 0.05) is 38.8 Å². The first kappa shape index (κ1) is 19.0. The quantitative estimate of drug-likeness (QED) is 0.460. The molecule has 3 rings (SSSR count). The Hall–Kier alpha value is -2.76. The van der Waals surface area contributed by atoms with E-state index in [1.54, 1.807) is 6.07 Å². The average molecular weight is 372 g/mol. The van der Waals surface area contributed by atoms with Gasteiger partial charge in [-0.3, -0.25) is 0 Å². The number of nitriles is 1. The fourth-order valence-electron chi connectivity index (χ4n) is 3.21. The summed E-state index contributed by atoms with van der Waals surface area (Å²) in [5, 5.41) is 31.6. The topological polar surface area (TPSA) is 95.9 Å². The smallest absolute Gasteiger partial charge is 0.231 e. The van der Waals surface area contributed by atoms with E-state index in [1.807, 2.05) is 0 Å². The first-order valence-corrected chi connectivity index (χ1v) is 8.94. The predicted molar refractivity (Wildman–Crippen MR) is 99.9 cm³/mol. The molecule has 0 radical (unpaired) electrons. The van der Waals surface area contributed by atoms with Crippen LogP contribution in [0.1, 0.15) is 12.0 Å². The van der Waals surface area contributed by atoms with Crippen molar-refractivity contribution < 1.29 is 19.3 Å². The van der Waals surface area contributed by atoms with E-state index in [-0.39, 0.29) is 22.2 Å². The Morgan fingerprint density at radius 1 is 1.26 bits per heavy atom. The van der Waals surface area contributed by atoms with Crippen molar-refractivity contribution in [3.8, 4) is 23.3 Å². The van der Waals surface area contributed by atoms with Gasteiger partial charge in [0.1, 0.15) is 6.07 Å². The van der Waals surface area contributed by atoms with Crippen LogP contribution in [0.3, 0.4) is 0 Å². The number of hydrogen-bond acceptors (Lipinski definition) is 7. The minimum absolute atomic E-state index is 0.0830. The lowest BCUT2D eigenvalue weighted by atomic mass is 10.1. The van der Waals surface area contributed by atoms with Gasteiger partial charge in [-0.15, -0.1) is 0 Å². The number of hydrogen-bond donors (Lipinski definition) is 1. The van der Waals surface area contributed by atoms with E-state index >= 15 is 0 Å². The summed E-state index contributed by atoms with van der Waals surface area (Å²) in [5.41, 5.74) is 0.141. The van der Waals surface area contributed by atoms with Gasteiger partial charge in [-0.25, -0.2) is 0 Å². The largest absolute Gasteiger partial charge is 0.618 e. The number of ether oxygens (including phenoxy) is 2. The average Bonchev–Trinajstić information content (AvgIpc) is 2.68. The van der Waals surface area contributed by atoms with Crippen LogP contribution in [0.4, 0.5) is 0 Å². The molecule has 8 nitrogen and oxygen atoms in total. The van der Waals surface area contributed by atoms with Crippen molar-refractivity contribution in [1.82, 2.24) is 9.80 Å². The fraction of sp³-hybridized carbons (Fsp3) is 0.474. The van der Waals surface area contributed by atoms with Gasteiger partial charge in [0.25, 0.3) is 0 Å². The highest BCUT2D eigenvalue weighted by Crippen LogP contribution is 2.35. The van der Waals surface area contributed by atoms with Gasteiger partial charge in [0.15, 0.2) is 22.8 Å². The van der Waals surface area contributed by atoms with E-state index in [2.05, 4.69) is 16.8 Å². The number of aromatic nitrogens is 1. The second kappa shape index (κ2) is 8.29. The highest BCUT2D eigenvalue weighted by atomic mass is 16.5. The molecule has 0 spiro atoms. The summed E-state index contributed by atoms with van der Waals surface area (Å²) in [6.07, 6.45) is 1.92. The normalized spacial score (nSPS) is 15.6. The van der Waals surface area contributed by atoms with Crippen molar-refractivity contribution in [3.05, 3.63) is 29.1 Å². The number of fused-ring (bicyclic) bond motifs is 1. The van der Waals surface area contributed by atoms with E-state index in [4.69, 9.17) is 14.7 Å². The van der Waals surface area contributed by atoms with Crippen molar-refractivity contribution in [1.29, 1.82) is 5.26 Å². The third kappa shape index (κ3) is 4.15. The summed E-state index contributed by atoms with van der Waals surface area (Å²) in [6, 6.07) is 4.87. The summed E-state index contributed by atoms with van der Waals surface area (Å²) < 4.78 is 11.7. The number of piperazine rings is 1. The lowest BCUT2D eigenvalue weighted by Gasteiger charge is -2.32. The highest BCUT2D eigenvalue weighted by molar-refractivity contribution is 5.87. The number of pyridine rings is 1. The van der Waals surface area contributed by atoms with Crippen LogP contribution in [0.5, 0.6) is 17.2 Å². The van der Waals surface area contributed by atoms with Crippen LogP contribution in [-0.2, 0) is 0 Å². The molecular weight excluding hydrogens is 348 g/mol. The second-order valence-electron chi connectivity index (χ2n) is 6.70. The molecule has 0 saturated carbocycles. The molecule has 1 fully saturated rings. The van der Waals surface area contributed by atoms with Crippen LogP contribution < -0.4 is 14.2 Å². The third-order valence-electron chi connectivity index (χ3n) is 4.87. The van der Waals surface area contributed by atoms with Crippen molar-refractivity contribution in [2.75, 3.05) is 53.5 Å². The SMILES string of the molecule is COc1cc2c(O)c(C#N)c[n+]([O-])c2cc1OCCCN1CCN(C)CC1. The molecule has 1 aliphatic heterocycles. The van der Waals surface area contributed by atoms with Crippen molar-refractivity contribution >= 4 is 10.9 Å². The van der Waals surface area contributed by atoms with Gasteiger partial charge in [0.05, 0.1) is 25.2 Å². The van der Waals surface area contributed by atoms with Gasteiger partial charge < -0.3 is 29.6 Å². The molecule has 1 aromatic heterocycles. The minimum Gasteiger partial charge on any atom is -0.618 e. The number of nitrogens with zero attached hydrogens (tertiary/aromatic N) is 4. The fourth-order valence-corrected chi connectivity index (χ4v) is 3.21. The number of methoxy groups -OCH3 is 1. The molecule has 27 heavy (non-hydrogen) atoms. The van der Waals surface area contributed by atoms with Crippen LogP contribution in [-0.4, -0.2) is 68.4 Å². The first-order chi connectivity index (χ1) is 13.0. The Bertz CT molecular complexity index is 857. The number of rotatable bonds is 6. The summed E-state index contributed by atoms with van der Waals surface area (Å²) in [4.78, 5) is 4.73. The molecule has 0 amide bonds. The molecule has 1 aliphatic rings. The molecule has 144 valence electrons. The van der Waals surface area contributed by atoms with Crippen LogP contribution >= 0.6 is 0 Å². The van der Waals surface area contributed by atoms with E-state index in [1.165, 1.54) is 19.2 Å². The zero-order valence-electron chi connectivity index (χ0n) is 15.6. The second-order valence-corrected chi connectivity index (χ2v) is 6.70. The minimum atomic E-state index is -0.237. The Balaban J connectivity index is 1.70. The van der Waals surface area contributed by atoms with E-state index < -0.39 is 0 Å². The zero-order valence-corrected chi connectivity index (χ0v) is 15.6. The standard InChI is InChI=1S/C19H24N4O4/c1-21-5-7-22(8-6-21)4-3-9-27-18-11-16-15(10-17(18)26-2)19(24)14(12-20)13-23(16)25/h10-11,13,24H,3-9H2,1-2H3. The van der Waals surface area contributed by atoms with Gasteiger partial charge in [-0.2, -0.15) is 9.99 Å². The molecule has 1 N–H and O–H groups in total. The Kier molecular flexibility index (Phi) is 5.84. The lowest BCUT2D eigenvalue weighted by molar-refractivity contribution is -0.577. The molecule has 0 bridgehead atoms.